The van der Waals surface area contributed by atoms with Crippen LogP contribution in [0.4, 0.5) is 11.6 Å². The number of hydrogen-bond donors (Lipinski definition) is 2. The minimum Gasteiger partial charge on any atom is -0.354 e. The van der Waals surface area contributed by atoms with Crippen molar-refractivity contribution >= 4 is 17.5 Å². The molecule has 1 aliphatic rings. The molecular weight excluding hydrogens is 336 g/mol. The zero-order valence-electron chi connectivity index (χ0n) is 16.4. The Morgan fingerprint density at radius 2 is 1.93 bits per heavy atom. The van der Waals surface area contributed by atoms with Gasteiger partial charge in [-0.25, -0.2) is 9.97 Å². The third-order valence-electron chi connectivity index (χ3n) is 4.97. The van der Waals surface area contributed by atoms with Crippen molar-refractivity contribution in [3.63, 3.8) is 0 Å². The molecule has 2 N–H and O–H groups in total. The third kappa shape index (κ3) is 5.39. The number of carbonyl (C=O) groups is 1. The molecule has 0 aliphatic heterocycles. The van der Waals surface area contributed by atoms with E-state index in [2.05, 4.69) is 33.6 Å². The highest BCUT2D eigenvalue weighted by molar-refractivity contribution is 6.03. The predicted molar refractivity (Wildman–Crippen MR) is 110 cm³/mol. The second-order valence-electron chi connectivity index (χ2n) is 7.26. The number of nitrogens with zero attached hydrogens (tertiary/aromatic N) is 2. The van der Waals surface area contributed by atoms with Gasteiger partial charge in [0.2, 0.25) is 5.95 Å². The van der Waals surface area contributed by atoms with Crippen molar-refractivity contribution in [1.29, 1.82) is 0 Å². The Morgan fingerprint density at radius 3 is 2.67 bits per heavy atom. The van der Waals surface area contributed by atoms with Crippen LogP contribution in [0.1, 0.15) is 59.4 Å². The van der Waals surface area contributed by atoms with Crippen LogP contribution in [0.2, 0.25) is 0 Å². The molecular formula is C22H28N4O. The highest BCUT2D eigenvalue weighted by atomic mass is 16.1. The topological polar surface area (TPSA) is 66.9 Å². The van der Waals surface area contributed by atoms with E-state index in [9.17, 15) is 4.79 Å². The van der Waals surface area contributed by atoms with Gasteiger partial charge in [-0.2, -0.15) is 0 Å². The first-order chi connectivity index (χ1) is 13.0. The molecule has 0 unspecified atom stereocenters. The van der Waals surface area contributed by atoms with Crippen LogP contribution in [-0.4, -0.2) is 22.4 Å². The standard InChI is InChI=1S/C22H28N4O/c1-15-9-10-19(13-16(15)2)25-21(27)20-14-17(3)24-22(26-20)23-12-11-18-7-5-4-6-8-18/h7,9-10,13-14H,4-6,8,11-12H2,1-3H3,(H,25,27)(H,23,24,26). The van der Waals surface area contributed by atoms with Crippen molar-refractivity contribution < 1.29 is 4.79 Å². The van der Waals surface area contributed by atoms with E-state index in [1.807, 2.05) is 32.0 Å². The number of amides is 1. The molecule has 0 fully saturated rings. The Bertz CT molecular complexity index is 857. The van der Waals surface area contributed by atoms with E-state index in [1.165, 1.54) is 36.8 Å². The lowest BCUT2D eigenvalue weighted by Crippen LogP contribution is -2.16. The summed E-state index contributed by atoms with van der Waals surface area (Å²) < 4.78 is 0. The number of benzene rings is 1. The van der Waals surface area contributed by atoms with E-state index < -0.39 is 0 Å². The van der Waals surface area contributed by atoms with Crippen LogP contribution >= 0.6 is 0 Å². The van der Waals surface area contributed by atoms with Crippen LogP contribution in [0, 0.1) is 20.8 Å². The largest absolute Gasteiger partial charge is 0.354 e. The molecule has 5 nitrogen and oxygen atoms in total. The molecule has 1 heterocycles. The molecule has 0 bridgehead atoms. The van der Waals surface area contributed by atoms with Gasteiger partial charge in [0.15, 0.2) is 0 Å². The van der Waals surface area contributed by atoms with Gasteiger partial charge in [-0.3, -0.25) is 4.79 Å². The zero-order valence-corrected chi connectivity index (χ0v) is 16.4. The van der Waals surface area contributed by atoms with Crippen molar-refractivity contribution in [1.82, 2.24) is 9.97 Å². The van der Waals surface area contributed by atoms with Crippen molar-refractivity contribution in [3.8, 4) is 0 Å². The van der Waals surface area contributed by atoms with Crippen LogP contribution in [0.3, 0.4) is 0 Å². The van der Waals surface area contributed by atoms with Gasteiger partial charge >= 0.3 is 0 Å². The molecule has 1 aromatic carbocycles. The molecule has 0 spiro atoms. The van der Waals surface area contributed by atoms with Crippen LogP contribution in [0.25, 0.3) is 0 Å². The Hall–Kier alpha value is -2.69. The van der Waals surface area contributed by atoms with Crippen LogP contribution < -0.4 is 10.6 Å². The summed E-state index contributed by atoms with van der Waals surface area (Å²) in [6.07, 6.45) is 8.33. The van der Waals surface area contributed by atoms with E-state index in [1.54, 1.807) is 6.07 Å². The lowest BCUT2D eigenvalue weighted by atomic mass is 9.97. The summed E-state index contributed by atoms with van der Waals surface area (Å²) in [6.45, 7) is 6.75. The van der Waals surface area contributed by atoms with Crippen molar-refractivity contribution in [2.45, 2.75) is 52.9 Å². The lowest BCUT2D eigenvalue weighted by Gasteiger charge is -2.13. The van der Waals surface area contributed by atoms with Gasteiger partial charge in [0.25, 0.3) is 5.91 Å². The van der Waals surface area contributed by atoms with Crippen molar-refractivity contribution in [2.75, 3.05) is 17.2 Å². The zero-order chi connectivity index (χ0) is 19.2. The number of aromatic nitrogens is 2. The maximum atomic E-state index is 12.6. The molecule has 0 saturated carbocycles. The Morgan fingerprint density at radius 1 is 1.07 bits per heavy atom. The van der Waals surface area contributed by atoms with Gasteiger partial charge in [0.05, 0.1) is 0 Å². The number of allylic oxidation sites excluding steroid dienone is 1. The molecule has 0 atom stereocenters. The summed E-state index contributed by atoms with van der Waals surface area (Å²) in [7, 11) is 0. The molecule has 5 heteroatoms. The third-order valence-corrected chi connectivity index (χ3v) is 4.97. The molecule has 1 aromatic heterocycles. The Labute approximate surface area is 161 Å². The minimum absolute atomic E-state index is 0.221. The fourth-order valence-corrected chi connectivity index (χ4v) is 3.24. The predicted octanol–water partition coefficient (Wildman–Crippen LogP) is 4.96. The normalized spacial score (nSPS) is 13.8. The highest BCUT2D eigenvalue weighted by Gasteiger charge is 2.12. The quantitative estimate of drug-likeness (QED) is 0.711. The summed E-state index contributed by atoms with van der Waals surface area (Å²) in [6, 6.07) is 7.60. The van der Waals surface area contributed by atoms with Gasteiger partial charge in [0, 0.05) is 17.9 Å². The van der Waals surface area contributed by atoms with Gasteiger partial charge in [-0.05, 0) is 82.2 Å². The first-order valence-corrected chi connectivity index (χ1v) is 9.67. The summed E-state index contributed by atoms with van der Waals surface area (Å²) in [4.78, 5) is 21.4. The monoisotopic (exact) mass is 364 g/mol. The first kappa shape index (κ1) is 19.1. The average Bonchev–Trinajstić information content (AvgIpc) is 2.65. The van der Waals surface area contributed by atoms with Crippen LogP contribution in [-0.2, 0) is 0 Å². The molecule has 1 amide bonds. The number of carbonyl (C=O) groups excluding carboxylic acids is 1. The number of anilines is 2. The minimum atomic E-state index is -0.221. The highest BCUT2D eigenvalue weighted by Crippen LogP contribution is 2.20. The maximum Gasteiger partial charge on any atom is 0.274 e. The van der Waals surface area contributed by atoms with Crippen molar-refractivity contribution in [2.24, 2.45) is 0 Å². The molecule has 3 rings (SSSR count). The molecule has 27 heavy (non-hydrogen) atoms. The number of aryl methyl sites for hydroxylation is 3. The fourth-order valence-electron chi connectivity index (χ4n) is 3.24. The van der Waals surface area contributed by atoms with Crippen molar-refractivity contribution in [3.05, 3.63) is 58.4 Å². The first-order valence-electron chi connectivity index (χ1n) is 9.67. The summed E-state index contributed by atoms with van der Waals surface area (Å²) in [5.41, 5.74) is 5.78. The Balaban J connectivity index is 1.63. The molecule has 0 saturated heterocycles. The summed E-state index contributed by atoms with van der Waals surface area (Å²) in [5.74, 6) is 0.290. The summed E-state index contributed by atoms with van der Waals surface area (Å²) >= 11 is 0. The maximum absolute atomic E-state index is 12.6. The fraction of sp³-hybridized carbons (Fsp3) is 0.409. The molecule has 2 aromatic rings. The molecule has 1 aliphatic carbocycles. The number of hydrogen-bond acceptors (Lipinski definition) is 4. The Kier molecular flexibility index (Phi) is 6.22. The van der Waals surface area contributed by atoms with Gasteiger partial charge in [-0.15, -0.1) is 0 Å². The van der Waals surface area contributed by atoms with E-state index in [-0.39, 0.29) is 5.91 Å². The number of nitrogens with one attached hydrogen (secondary N) is 2. The van der Waals surface area contributed by atoms with E-state index in [0.29, 0.717) is 11.6 Å². The van der Waals surface area contributed by atoms with Crippen LogP contribution in [0.5, 0.6) is 0 Å². The van der Waals surface area contributed by atoms with E-state index in [4.69, 9.17) is 0 Å². The van der Waals surface area contributed by atoms with Gasteiger partial charge < -0.3 is 10.6 Å². The SMILES string of the molecule is Cc1cc(C(=O)Nc2ccc(C)c(C)c2)nc(NCCC2=CCCCC2)n1. The average molecular weight is 364 g/mol. The molecule has 0 radical (unpaired) electrons. The lowest BCUT2D eigenvalue weighted by molar-refractivity contribution is 0.102. The second-order valence-corrected chi connectivity index (χ2v) is 7.26. The van der Waals surface area contributed by atoms with E-state index in [0.717, 1.165) is 29.9 Å². The summed E-state index contributed by atoms with van der Waals surface area (Å²) in [5, 5.41) is 6.19. The van der Waals surface area contributed by atoms with Gasteiger partial charge in [0.1, 0.15) is 5.69 Å². The number of rotatable bonds is 6. The van der Waals surface area contributed by atoms with E-state index >= 15 is 0 Å². The molecule has 142 valence electrons. The smallest absolute Gasteiger partial charge is 0.274 e. The van der Waals surface area contributed by atoms with Gasteiger partial charge in [-0.1, -0.05) is 17.7 Å². The second kappa shape index (κ2) is 8.80. The van der Waals surface area contributed by atoms with Crippen LogP contribution in [0.15, 0.2) is 35.9 Å².